The number of ether oxygens (including phenoxy) is 2. The molecule has 0 spiro atoms. The molecule has 0 saturated heterocycles. The summed E-state index contributed by atoms with van der Waals surface area (Å²) in [5, 5.41) is 0.700. The number of nitrogens with zero attached hydrogens (tertiary/aromatic N) is 2. The lowest BCUT2D eigenvalue weighted by Gasteiger charge is -2.48. The highest BCUT2D eigenvalue weighted by Crippen LogP contribution is 2.45. The van der Waals surface area contributed by atoms with Crippen molar-refractivity contribution in [2.24, 2.45) is 0 Å². The van der Waals surface area contributed by atoms with E-state index in [1.807, 2.05) is 30.3 Å². The normalized spacial score (nSPS) is 20.0. The molecule has 35 heavy (non-hydrogen) atoms. The maximum absolute atomic E-state index is 6.23. The first-order chi connectivity index (χ1) is 17.0. The standard InChI is InChI=1S/C30H37ClN2O2/c1-5-33(28-15-14-25(31)21-29(28)34-4)26-16-18-30(19-17-26,32(2)3)24-12-9-13-27(20-24)35-22-23-10-7-6-8-11-23/h6-15,20-21,26H,5,16-19,22H2,1-4H3. The van der Waals surface area contributed by atoms with E-state index in [1.165, 1.54) is 11.1 Å². The average molecular weight is 493 g/mol. The van der Waals surface area contributed by atoms with Crippen LogP contribution in [0.1, 0.15) is 43.7 Å². The molecule has 0 radical (unpaired) electrons. The molecule has 0 heterocycles. The maximum atomic E-state index is 6.23. The van der Waals surface area contributed by atoms with Crippen molar-refractivity contribution in [3.63, 3.8) is 0 Å². The summed E-state index contributed by atoms with van der Waals surface area (Å²) in [6, 6.07) is 25.4. The number of anilines is 1. The Hall–Kier alpha value is -2.69. The van der Waals surface area contributed by atoms with Crippen LogP contribution >= 0.6 is 11.6 Å². The maximum Gasteiger partial charge on any atom is 0.143 e. The highest BCUT2D eigenvalue weighted by molar-refractivity contribution is 6.30. The number of hydrogen-bond acceptors (Lipinski definition) is 4. The van der Waals surface area contributed by atoms with Crippen LogP contribution in [0.4, 0.5) is 5.69 Å². The second-order valence-corrected chi connectivity index (χ2v) is 10.00. The molecule has 0 bridgehead atoms. The van der Waals surface area contributed by atoms with Crippen LogP contribution in [-0.4, -0.2) is 38.7 Å². The fourth-order valence-corrected chi connectivity index (χ4v) is 5.68. The van der Waals surface area contributed by atoms with Crippen LogP contribution in [0, 0.1) is 0 Å². The molecule has 0 aliphatic heterocycles. The highest BCUT2D eigenvalue weighted by atomic mass is 35.5. The smallest absolute Gasteiger partial charge is 0.143 e. The zero-order valence-electron chi connectivity index (χ0n) is 21.3. The molecule has 0 amide bonds. The monoisotopic (exact) mass is 492 g/mol. The minimum Gasteiger partial charge on any atom is -0.495 e. The number of methoxy groups -OCH3 is 1. The lowest BCUT2D eigenvalue weighted by atomic mass is 9.73. The van der Waals surface area contributed by atoms with E-state index in [2.05, 4.69) is 73.3 Å². The molecule has 1 aliphatic rings. The molecule has 1 fully saturated rings. The third kappa shape index (κ3) is 5.60. The number of halogens is 1. The summed E-state index contributed by atoms with van der Waals surface area (Å²) >= 11 is 6.23. The number of benzene rings is 3. The van der Waals surface area contributed by atoms with E-state index in [-0.39, 0.29) is 5.54 Å². The molecule has 3 aromatic rings. The molecule has 3 aromatic carbocycles. The molecule has 186 valence electrons. The third-order valence-electron chi connectivity index (χ3n) is 7.49. The summed E-state index contributed by atoms with van der Waals surface area (Å²) in [4.78, 5) is 4.88. The van der Waals surface area contributed by atoms with Gasteiger partial charge in [-0.2, -0.15) is 0 Å². The van der Waals surface area contributed by atoms with Gasteiger partial charge in [0, 0.05) is 29.2 Å². The van der Waals surface area contributed by atoms with Crippen molar-refractivity contribution in [3.8, 4) is 11.5 Å². The summed E-state index contributed by atoms with van der Waals surface area (Å²) in [5.41, 5.74) is 3.63. The van der Waals surface area contributed by atoms with Gasteiger partial charge in [0.15, 0.2) is 0 Å². The van der Waals surface area contributed by atoms with Gasteiger partial charge < -0.3 is 14.4 Å². The first kappa shape index (κ1) is 25.4. The van der Waals surface area contributed by atoms with Crippen molar-refractivity contribution >= 4 is 17.3 Å². The van der Waals surface area contributed by atoms with E-state index in [0.717, 1.165) is 49.4 Å². The zero-order valence-corrected chi connectivity index (χ0v) is 22.1. The molecular formula is C30H37ClN2O2. The van der Waals surface area contributed by atoms with Crippen LogP contribution in [0.2, 0.25) is 5.02 Å². The van der Waals surface area contributed by atoms with Crippen molar-refractivity contribution in [2.75, 3.05) is 32.6 Å². The van der Waals surface area contributed by atoms with E-state index in [0.29, 0.717) is 17.7 Å². The zero-order chi connectivity index (χ0) is 24.8. The second kappa shape index (κ2) is 11.4. The van der Waals surface area contributed by atoms with Gasteiger partial charge in [-0.3, -0.25) is 4.90 Å². The summed E-state index contributed by atoms with van der Waals surface area (Å²) in [6.45, 7) is 3.73. The van der Waals surface area contributed by atoms with Crippen LogP contribution in [0.3, 0.4) is 0 Å². The molecule has 0 N–H and O–H groups in total. The van der Waals surface area contributed by atoms with Gasteiger partial charge in [0.1, 0.15) is 18.1 Å². The van der Waals surface area contributed by atoms with Crippen LogP contribution in [0.15, 0.2) is 72.8 Å². The Kier molecular flexibility index (Phi) is 8.25. The first-order valence-electron chi connectivity index (χ1n) is 12.5. The molecular weight excluding hydrogens is 456 g/mol. The Morgan fingerprint density at radius 3 is 2.34 bits per heavy atom. The number of rotatable bonds is 9. The van der Waals surface area contributed by atoms with Crippen LogP contribution in [0.5, 0.6) is 11.5 Å². The fraction of sp³-hybridized carbons (Fsp3) is 0.400. The molecule has 0 aromatic heterocycles. The van der Waals surface area contributed by atoms with Gasteiger partial charge in [0.2, 0.25) is 0 Å². The SMILES string of the molecule is CCN(c1ccc(Cl)cc1OC)C1CCC(c2cccc(OCc3ccccc3)c2)(N(C)C)CC1. The van der Waals surface area contributed by atoms with E-state index in [9.17, 15) is 0 Å². The number of hydrogen-bond donors (Lipinski definition) is 0. The Balaban J connectivity index is 1.51. The van der Waals surface area contributed by atoms with Crippen molar-refractivity contribution in [2.45, 2.75) is 50.8 Å². The highest BCUT2D eigenvalue weighted by Gasteiger charge is 2.40. The van der Waals surface area contributed by atoms with Crippen molar-refractivity contribution in [1.29, 1.82) is 0 Å². The lowest BCUT2D eigenvalue weighted by molar-refractivity contribution is 0.0900. The Bertz CT molecular complexity index is 1090. The molecule has 0 atom stereocenters. The summed E-state index contributed by atoms with van der Waals surface area (Å²) in [7, 11) is 6.13. The van der Waals surface area contributed by atoms with Gasteiger partial charge >= 0.3 is 0 Å². The molecule has 1 aliphatic carbocycles. The topological polar surface area (TPSA) is 24.9 Å². The minimum atomic E-state index is -0.00783. The van der Waals surface area contributed by atoms with Gasteiger partial charge in [-0.1, -0.05) is 54.1 Å². The van der Waals surface area contributed by atoms with Crippen molar-refractivity contribution in [3.05, 3.63) is 88.9 Å². The molecule has 4 rings (SSSR count). The van der Waals surface area contributed by atoms with Gasteiger partial charge in [-0.25, -0.2) is 0 Å². The Morgan fingerprint density at radius 1 is 0.943 bits per heavy atom. The average Bonchev–Trinajstić information content (AvgIpc) is 2.89. The summed E-state index contributed by atoms with van der Waals surface area (Å²) < 4.78 is 11.8. The van der Waals surface area contributed by atoms with Crippen LogP contribution < -0.4 is 14.4 Å². The Morgan fingerprint density at radius 2 is 1.69 bits per heavy atom. The lowest BCUT2D eigenvalue weighted by Crippen LogP contribution is -2.49. The predicted molar refractivity (Wildman–Crippen MR) is 146 cm³/mol. The van der Waals surface area contributed by atoms with E-state index in [1.54, 1.807) is 7.11 Å². The summed E-state index contributed by atoms with van der Waals surface area (Å²) in [5.74, 6) is 1.77. The van der Waals surface area contributed by atoms with E-state index in [4.69, 9.17) is 21.1 Å². The van der Waals surface area contributed by atoms with Gasteiger partial charge in [0.05, 0.1) is 12.8 Å². The van der Waals surface area contributed by atoms with Gasteiger partial charge in [-0.15, -0.1) is 0 Å². The van der Waals surface area contributed by atoms with Gasteiger partial charge in [0.25, 0.3) is 0 Å². The predicted octanol–water partition coefficient (Wildman–Crippen LogP) is 7.15. The largest absolute Gasteiger partial charge is 0.495 e. The molecule has 5 heteroatoms. The minimum absolute atomic E-state index is 0.00783. The quantitative estimate of drug-likeness (QED) is 0.316. The van der Waals surface area contributed by atoms with Crippen molar-refractivity contribution in [1.82, 2.24) is 4.90 Å². The fourth-order valence-electron chi connectivity index (χ4n) is 5.52. The molecule has 0 unspecified atom stereocenters. The second-order valence-electron chi connectivity index (χ2n) is 9.56. The van der Waals surface area contributed by atoms with Crippen LogP contribution in [0.25, 0.3) is 0 Å². The Labute approximate surface area is 215 Å². The molecule has 1 saturated carbocycles. The van der Waals surface area contributed by atoms with E-state index >= 15 is 0 Å². The molecule has 4 nitrogen and oxygen atoms in total. The summed E-state index contributed by atoms with van der Waals surface area (Å²) in [6.07, 6.45) is 4.37. The van der Waals surface area contributed by atoms with Gasteiger partial charge in [-0.05, 0) is 82.1 Å². The third-order valence-corrected chi connectivity index (χ3v) is 7.73. The first-order valence-corrected chi connectivity index (χ1v) is 12.9. The van der Waals surface area contributed by atoms with E-state index < -0.39 is 0 Å². The van der Waals surface area contributed by atoms with Crippen molar-refractivity contribution < 1.29 is 9.47 Å². The van der Waals surface area contributed by atoms with Crippen LogP contribution in [-0.2, 0) is 12.1 Å².